The van der Waals surface area contributed by atoms with Crippen LogP contribution in [0.1, 0.15) is 63.4 Å². The minimum atomic E-state index is -1.29. The maximum atomic E-state index is 14.9. The number of furan rings is 1. The van der Waals surface area contributed by atoms with Gasteiger partial charge in [-0.3, -0.25) is 0 Å². The molecule has 1 aliphatic carbocycles. The van der Waals surface area contributed by atoms with Gasteiger partial charge in [-0.15, -0.1) is 0 Å². The minimum absolute atomic E-state index is 0.0264. The Hall–Kier alpha value is -2.24. The number of hydrogen-bond acceptors (Lipinski definition) is 2. The van der Waals surface area contributed by atoms with Gasteiger partial charge in [0.15, 0.2) is 23.2 Å². The van der Waals surface area contributed by atoms with Crippen molar-refractivity contribution in [3.63, 3.8) is 0 Å². The van der Waals surface area contributed by atoms with E-state index in [0.717, 1.165) is 38.5 Å². The van der Waals surface area contributed by atoms with Crippen LogP contribution in [0.2, 0.25) is 0 Å². The molecule has 1 saturated carbocycles. The Morgan fingerprint density at radius 1 is 0.893 bits per heavy atom. The molecule has 0 spiro atoms. The van der Waals surface area contributed by atoms with E-state index in [1.165, 1.54) is 12.1 Å². The van der Waals surface area contributed by atoms with Crippen molar-refractivity contribution in [2.45, 2.75) is 57.8 Å². The van der Waals surface area contributed by atoms with Crippen molar-refractivity contribution in [2.75, 3.05) is 6.61 Å². The molecule has 0 aliphatic heterocycles. The molecule has 2 nitrogen and oxygen atoms in total. The molecule has 28 heavy (non-hydrogen) atoms. The first kappa shape index (κ1) is 19.1. The monoisotopic (exact) mass is 394 g/mol. The fraction of sp³-hybridized carbons (Fsp3) is 0.455. The molecule has 0 unspecified atom stereocenters. The quantitative estimate of drug-likeness (QED) is 0.333. The molecule has 0 saturated heterocycles. The fourth-order valence-corrected chi connectivity index (χ4v) is 4.09. The maximum absolute atomic E-state index is 14.9. The van der Waals surface area contributed by atoms with Gasteiger partial charge < -0.3 is 9.15 Å². The van der Waals surface area contributed by atoms with E-state index in [4.69, 9.17) is 9.15 Å². The smallest absolute Gasteiger partial charge is 0.201 e. The highest BCUT2D eigenvalue weighted by molar-refractivity contribution is 6.06. The number of hydrogen-bond donors (Lipinski definition) is 0. The van der Waals surface area contributed by atoms with Crippen molar-refractivity contribution >= 4 is 21.9 Å². The standard InChI is InChI=1S/C22H22F4O2/c1-2-3-9-27-16-11-15-18(22(26)20(16)24)17-14(28-15)10-13(19(23)21(17)25)12-7-5-4-6-8-12/h10-12H,2-9H2,1H3. The van der Waals surface area contributed by atoms with E-state index in [-0.39, 0.29) is 45.8 Å². The van der Waals surface area contributed by atoms with E-state index in [1.54, 1.807) is 0 Å². The summed E-state index contributed by atoms with van der Waals surface area (Å²) in [5, 5.41) is -0.745. The van der Waals surface area contributed by atoms with Gasteiger partial charge in [0.2, 0.25) is 5.82 Å². The van der Waals surface area contributed by atoms with E-state index in [1.807, 2.05) is 6.92 Å². The number of rotatable bonds is 5. The van der Waals surface area contributed by atoms with Gasteiger partial charge in [0, 0.05) is 6.07 Å². The van der Waals surface area contributed by atoms with Crippen molar-refractivity contribution in [1.29, 1.82) is 0 Å². The third-order valence-corrected chi connectivity index (χ3v) is 5.61. The van der Waals surface area contributed by atoms with E-state index in [0.29, 0.717) is 6.42 Å². The zero-order valence-electron chi connectivity index (χ0n) is 15.7. The summed E-state index contributed by atoms with van der Waals surface area (Å²) in [6, 6.07) is 2.65. The molecule has 1 aliphatic rings. The molecular formula is C22H22F4O2. The molecule has 0 bridgehead atoms. The fourth-order valence-electron chi connectivity index (χ4n) is 4.09. The number of ether oxygens (including phenoxy) is 1. The van der Waals surface area contributed by atoms with Crippen LogP contribution < -0.4 is 4.74 Å². The van der Waals surface area contributed by atoms with Crippen LogP contribution in [-0.4, -0.2) is 6.61 Å². The first-order chi connectivity index (χ1) is 13.5. The van der Waals surface area contributed by atoms with Crippen LogP contribution in [0, 0.1) is 23.3 Å². The lowest BCUT2D eigenvalue weighted by Crippen LogP contribution is -2.08. The Labute approximate surface area is 160 Å². The highest BCUT2D eigenvalue weighted by Gasteiger charge is 2.28. The van der Waals surface area contributed by atoms with Crippen molar-refractivity contribution < 1.29 is 26.7 Å². The lowest BCUT2D eigenvalue weighted by Gasteiger charge is -2.22. The molecule has 0 atom stereocenters. The van der Waals surface area contributed by atoms with Crippen LogP contribution in [0.15, 0.2) is 16.5 Å². The van der Waals surface area contributed by atoms with Crippen LogP contribution in [0.4, 0.5) is 17.6 Å². The Kier molecular flexibility index (Phi) is 5.21. The summed E-state index contributed by atoms with van der Waals surface area (Å²) in [5.41, 5.74) is 0.224. The van der Waals surface area contributed by atoms with Crippen LogP contribution >= 0.6 is 0 Å². The second-order valence-electron chi connectivity index (χ2n) is 7.48. The summed E-state index contributed by atoms with van der Waals surface area (Å²) >= 11 is 0. The molecule has 1 fully saturated rings. The van der Waals surface area contributed by atoms with E-state index >= 15 is 0 Å². The van der Waals surface area contributed by atoms with Gasteiger partial charge in [-0.2, -0.15) is 4.39 Å². The number of benzene rings is 2. The molecule has 6 heteroatoms. The number of fused-ring (bicyclic) bond motifs is 3. The van der Waals surface area contributed by atoms with Gasteiger partial charge in [0.05, 0.1) is 17.4 Å². The third-order valence-electron chi connectivity index (χ3n) is 5.61. The predicted octanol–water partition coefficient (Wildman–Crippen LogP) is 7.37. The molecule has 0 N–H and O–H groups in total. The van der Waals surface area contributed by atoms with Crippen LogP contribution in [0.3, 0.4) is 0 Å². The third kappa shape index (κ3) is 3.12. The Morgan fingerprint density at radius 2 is 1.54 bits per heavy atom. The molecule has 3 aromatic rings. The topological polar surface area (TPSA) is 22.4 Å². The minimum Gasteiger partial charge on any atom is -0.490 e. The molecule has 2 aromatic carbocycles. The number of halogens is 4. The summed E-state index contributed by atoms with van der Waals surface area (Å²) in [4.78, 5) is 0. The zero-order chi connectivity index (χ0) is 19.8. The largest absolute Gasteiger partial charge is 0.490 e. The molecule has 1 aromatic heterocycles. The highest BCUT2D eigenvalue weighted by Crippen LogP contribution is 2.42. The van der Waals surface area contributed by atoms with Gasteiger partial charge in [-0.05, 0) is 36.8 Å². The average Bonchev–Trinajstić information content (AvgIpc) is 3.08. The second kappa shape index (κ2) is 7.64. The predicted molar refractivity (Wildman–Crippen MR) is 99.8 cm³/mol. The summed E-state index contributed by atoms with van der Waals surface area (Å²) in [6.45, 7) is 2.18. The van der Waals surface area contributed by atoms with Crippen molar-refractivity contribution in [3.05, 3.63) is 41.0 Å². The molecule has 4 rings (SSSR count). The molecule has 0 amide bonds. The zero-order valence-corrected chi connectivity index (χ0v) is 15.7. The number of unbranched alkanes of at least 4 members (excludes halogenated alkanes) is 1. The molecule has 150 valence electrons. The first-order valence-corrected chi connectivity index (χ1v) is 9.87. The van der Waals surface area contributed by atoms with Gasteiger partial charge in [0.1, 0.15) is 11.2 Å². The van der Waals surface area contributed by atoms with Gasteiger partial charge in [-0.25, -0.2) is 13.2 Å². The summed E-state index contributed by atoms with van der Waals surface area (Å²) in [7, 11) is 0. The Balaban J connectivity index is 1.87. The SMILES string of the molecule is CCCCOc1cc2oc3cc(C4CCCCC4)c(F)c(F)c3c2c(F)c1F. The van der Waals surface area contributed by atoms with Gasteiger partial charge >= 0.3 is 0 Å². The second-order valence-corrected chi connectivity index (χ2v) is 7.48. The highest BCUT2D eigenvalue weighted by atomic mass is 19.2. The van der Waals surface area contributed by atoms with Crippen LogP contribution in [0.5, 0.6) is 5.75 Å². The van der Waals surface area contributed by atoms with Gasteiger partial charge in [-0.1, -0.05) is 32.6 Å². The molecule has 0 radical (unpaired) electrons. The summed E-state index contributed by atoms with van der Waals surface area (Å²) in [6.07, 6.45) is 6.08. The lowest BCUT2D eigenvalue weighted by atomic mass is 9.83. The average molecular weight is 394 g/mol. The van der Waals surface area contributed by atoms with Crippen molar-refractivity contribution in [3.8, 4) is 5.75 Å². The molecular weight excluding hydrogens is 372 g/mol. The van der Waals surface area contributed by atoms with Crippen LogP contribution in [-0.2, 0) is 0 Å². The summed E-state index contributed by atoms with van der Waals surface area (Å²) in [5.74, 6) is -5.06. The normalized spacial score (nSPS) is 15.6. The Morgan fingerprint density at radius 3 is 2.21 bits per heavy atom. The van der Waals surface area contributed by atoms with E-state index < -0.39 is 23.3 Å². The van der Waals surface area contributed by atoms with E-state index in [9.17, 15) is 17.6 Å². The molecule has 1 heterocycles. The Bertz CT molecular complexity index is 1020. The van der Waals surface area contributed by atoms with Crippen LogP contribution in [0.25, 0.3) is 21.9 Å². The first-order valence-electron chi connectivity index (χ1n) is 9.87. The van der Waals surface area contributed by atoms with Crippen molar-refractivity contribution in [1.82, 2.24) is 0 Å². The van der Waals surface area contributed by atoms with Crippen molar-refractivity contribution in [2.24, 2.45) is 0 Å². The summed E-state index contributed by atoms with van der Waals surface area (Å²) < 4.78 is 69.7. The lowest BCUT2D eigenvalue weighted by molar-refractivity contribution is 0.289. The maximum Gasteiger partial charge on any atom is 0.201 e. The van der Waals surface area contributed by atoms with Gasteiger partial charge in [0.25, 0.3) is 0 Å². The van der Waals surface area contributed by atoms with E-state index in [2.05, 4.69) is 0 Å².